The molecular weight excluding hydrogens is 196 g/mol. The standard InChI is InChI=1S/C10H14N2O3/c1-6-8(4-5-11-6)9(13)12(3)7(2)10(14)15/h4-5,7,11H,1-3H3,(H,14,15). The predicted octanol–water partition coefficient (Wildman–Crippen LogP) is 0.868. The fraction of sp³-hybridized carbons (Fsp3) is 0.400. The second-order valence-corrected chi connectivity index (χ2v) is 3.45. The Labute approximate surface area is 87.7 Å². The van der Waals surface area contributed by atoms with Crippen LogP contribution in [0.15, 0.2) is 12.3 Å². The molecule has 1 rings (SSSR count). The number of hydrogen-bond donors (Lipinski definition) is 2. The molecule has 5 nitrogen and oxygen atoms in total. The van der Waals surface area contributed by atoms with Gasteiger partial charge in [-0.25, -0.2) is 4.79 Å². The van der Waals surface area contributed by atoms with Gasteiger partial charge in [0, 0.05) is 18.9 Å². The lowest BCUT2D eigenvalue weighted by molar-refractivity contribution is -0.141. The molecule has 1 atom stereocenters. The predicted molar refractivity (Wildman–Crippen MR) is 54.7 cm³/mol. The third-order valence-electron chi connectivity index (χ3n) is 2.44. The molecule has 0 aromatic carbocycles. The number of carbonyl (C=O) groups is 2. The largest absolute Gasteiger partial charge is 0.480 e. The fourth-order valence-electron chi connectivity index (χ4n) is 1.22. The van der Waals surface area contributed by atoms with Crippen LogP contribution in [0.5, 0.6) is 0 Å². The number of nitrogens with one attached hydrogen (secondary N) is 1. The highest BCUT2D eigenvalue weighted by Crippen LogP contribution is 2.10. The van der Waals surface area contributed by atoms with E-state index in [0.29, 0.717) is 5.56 Å². The number of aromatic amines is 1. The first kappa shape index (κ1) is 11.3. The van der Waals surface area contributed by atoms with Gasteiger partial charge in [-0.1, -0.05) is 0 Å². The summed E-state index contributed by atoms with van der Waals surface area (Å²) in [5, 5.41) is 8.77. The van der Waals surface area contributed by atoms with Gasteiger partial charge in [0.05, 0.1) is 5.56 Å². The molecule has 1 heterocycles. The minimum atomic E-state index is -1.01. The number of amides is 1. The lowest BCUT2D eigenvalue weighted by atomic mass is 10.2. The molecule has 1 aromatic rings. The average molecular weight is 210 g/mol. The SMILES string of the molecule is Cc1[nH]ccc1C(=O)N(C)C(C)C(=O)O. The summed E-state index contributed by atoms with van der Waals surface area (Å²) < 4.78 is 0. The van der Waals surface area contributed by atoms with Crippen molar-refractivity contribution >= 4 is 11.9 Å². The van der Waals surface area contributed by atoms with Crippen molar-refractivity contribution in [1.29, 1.82) is 0 Å². The van der Waals surface area contributed by atoms with E-state index in [1.54, 1.807) is 19.2 Å². The van der Waals surface area contributed by atoms with Crippen molar-refractivity contribution in [3.8, 4) is 0 Å². The normalized spacial score (nSPS) is 12.2. The van der Waals surface area contributed by atoms with Gasteiger partial charge >= 0.3 is 5.97 Å². The molecule has 0 aliphatic rings. The molecule has 0 bridgehead atoms. The first-order valence-corrected chi connectivity index (χ1v) is 4.59. The Morgan fingerprint density at radius 1 is 1.53 bits per heavy atom. The van der Waals surface area contributed by atoms with Gasteiger partial charge in [-0.05, 0) is 19.9 Å². The van der Waals surface area contributed by atoms with Crippen molar-refractivity contribution < 1.29 is 14.7 Å². The van der Waals surface area contributed by atoms with Gasteiger partial charge in [-0.2, -0.15) is 0 Å². The molecule has 1 unspecified atom stereocenters. The molecule has 0 saturated heterocycles. The van der Waals surface area contributed by atoms with Gasteiger partial charge in [-0.15, -0.1) is 0 Å². The van der Waals surface area contributed by atoms with Crippen LogP contribution in [0.25, 0.3) is 0 Å². The lowest BCUT2D eigenvalue weighted by Gasteiger charge is -2.21. The molecule has 15 heavy (non-hydrogen) atoms. The zero-order chi connectivity index (χ0) is 11.6. The highest BCUT2D eigenvalue weighted by molar-refractivity contribution is 5.97. The average Bonchev–Trinajstić information content (AvgIpc) is 2.60. The van der Waals surface area contributed by atoms with E-state index in [0.717, 1.165) is 5.69 Å². The summed E-state index contributed by atoms with van der Waals surface area (Å²) in [5.41, 5.74) is 1.25. The van der Waals surface area contributed by atoms with Gasteiger partial charge in [0.15, 0.2) is 0 Å². The maximum absolute atomic E-state index is 11.8. The third kappa shape index (κ3) is 2.18. The number of rotatable bonds is 3. The number of carbonyl (C=O) groups excluding carboxylic acids is 1. The van der Waals surface area contributed by atoms with Gasteiger partial charge < -0.3 is 15.0 Å². The van der Waals surface area contributed by atoms with Crippen LogP contribution in [0.4, 0.5) is 0 Å². The summed E-state index contributed by atoms with van der Waals surface area (Å²) in [6.07, 6.45) is 1.65. The third-order valence-corrected chi connectivity index (χ3v) is 2.44. The van der Waals surface area contributed by atoms with Gasteiger partial charge in [0.25, 0.3) is 5.91 Å². The topological polar surface area (TPSA) is 73.4 Å². The van der Waals surface area contributed by atoms with E-state index < -0.39 is 12.0 Å². The van der Waals surface area contributed by atoms with Crippen molar-refractivity contribution in [1.82, 2.24) is 9.88 Å². The first-order chi connectivity index (χ1) is 6.95. The molecule has 0 saturated carbocycles. The van der Waals surface area contributed by atoms with Crippen LogP contribution < -0.4 is 0 Å². The number of H-pyrrole nitrogens is 1. The van der Waals surface area contributed by atoms with E-state index >= 15 is 0 Å². The van der Waals surface area contributed by atoms with Crippen molar-refractivity contribution in [3.63, 3.8) is 0 Å². The highest BCUT2D eigenvalue weighted by atomic mass is 16.4. The molecule has 82 valence electrons. The van der Waals surface area contributed by atoms with Crippen molar-refractivity contribution in [2.45, 2.75) is 19.9 Å². The minimum Gasteiger partial charge on any atom is -0.480 e. The summed E-state index contributed by atoms with van der Waals surface area (Å²) in [6.45, 7) is 3.24. The Kier molecular flexibility index (Phi) is 3.14. The molecule has 0 fully saturated rings. The van der Waals surface area contributed by atoms with Crippen molar-refractivity contribution in [3.05, 3.63) is 23.5 Å². The molecule has 2 N–H and O–H groups in total. The molecule has 0 aliphatic heterocycles. The van der Waals surface area contributed by atoms with Crippen molar-refractivity contribution in [2.24, 2.45) is 0 Å². The number of carboxylic acid groups (broad SMARTS) is 1. The van der Waals surface area contributed by atoms with E-state index in [1.165, 1.54) is 18.9 Å². The van der Waals surface area contributed by atoms with Crippen LogP contribution in [0.3, 0.4) is 0 Å². The number of aryl methyl sites for hydroxylation is 1. The summed E-state index contributed by atoms with van der Waals surface area (Å²) >= 11 is 0. The highest BCUT2D eigenvalue weighted by Gasteiger charge is 2.23. The Bertz CT molecular complexity index is 384. The molecule has 5 heteroatoms. The molecule has 0 aliphatic carbocycles. The Morgan fingerprint density at radius 2 is 2.13 bits per heavy atom. The molecule has 1 amide bonds. The summed E-state index contributed by atoms with van der Waals surface area (Å²) in [4.78, 5) is 26.6. The summed E-state index contributed by atoms with van der Waals surface area (Å²) in [6, 6.07) is 0.815. The molecular formula is C10H14N2O3. The van der Waals surface area contributed by atoms with Crippen LogP contribution in [0.2, 0.25) is 0 Å². The number of nitrogens with zero attached hydrogens (tertiary/aromatic N) is 1. The van der Waals surface area contributed by atoms with Gasteiger partial charge in [0.1, 0.15) is 6.04 Å². The second kappa shape index (κ2) is 4.16. The molecule has 1 aromatic heterocycles. The second-order valence-electron chi connectivity index (χ2n) is 3.45. The van der Waals surface area contributed by atoms with E-state index in [2.05, 4.69) is 4.98 Å². The summed E-state index contributed by atoms with van der Waals surface area (Å²) in [7, 11) is 1.48. The van der Waals surface area contributed by atoms with Crippen LogP contribution >= 0.6 is 0 Å². The number of aliphatic carboxylic acids is 1. The Morgan fingerprint density at radius 3 is 2.53 bits per heavy atom. The van der Waals surface area contributed by atoms with E-state index in [1.807, 2.05) is 0 Å². The van der Waals surface area contributed by atoms with E-state index in [-0.39, 0.29) is 5.91 Å². The van der Waals surface area contributed by atoms with Crippen LogP contribution in [-0.4, -0.2) is 40.0 Å². The zero-order valence-electron chi connectivity index (χ0n) is 8.94. The zero-order valence-corrected chi connectivity index (χ0v) is 8.94. The Balaban J connectivity index is 2.86. The van der Waals surface area contributed by atoms with Gasteiger partial charge in [-0.3, -0.25) is 4.79 Å². The molecule has 0 spiro atoms. The maximum atomic E-state index is 11.8. The maximum Gasteiger partial charge on any atom is 0.326 e. The van der Waals surface area contributed by atoms with E-state index in [9.17, 15) is 9.59 Å². The molecule has 0 radical (unpaired) electrons. The van der Waals surface area contributed by atoms with Gasteiger partial charge in [0.2, 0.25) is 0 Å². The number of hydrogen-bond acceptors (Lipinski definition) is 2. The number of likely N-dealkylation sites (N-methyl/N-ethyl adjacent to an activating group) is 1. The lowest BCUT2D eigenvalue weighted by Crippen LogP contribution is -2.40. The fourth-order valence-corrected chi connectivity index (χ4v) is 1.22. The van der Waals surface area contributed by atoms with E-state index in [4.69, 9.17) is 5.11 Å². The summed E-state index contributed by atoms with van der Waals surface area (Å²) in [5.74, 6) is -1.30. The van der Waals surface area contributed by atoms with Crippen LogP contribution in [0, 0.1) is 6.92 Å². The van der Waals surface area contributed by atoms with Crippen LogP contribution in [-0.2, 0) is 4.79 Å². The quantitative estimate of drug-likeness (QED) is 0.777. The number of carboxylic acids is 1. The monoisotopic (exact) mass is 210 g/mol. The smallest absolute Gasteiger partial charge is 0.326 e. The number of aromatic nitrogens is 1. The van der Waals surface area contributed by atoms with Crippen molar-refractivity contribution in [2.75, 3.05) is 7.05 Å². The Hall–Kier alpha value is -1.78. The first-order valence-electron chi connectivity index (χ1n) is 4.59. The minimum absolute atomic E-state index is 0.288. The van der Waals surface area contributed by atoms with Crippen LogP contribution in [0.1, 0.15) is 23.0 Å².